The monoisotopic (exact) mass is 584 g/mol. The number of fused-ring (bicyclic) bond motifs is 2. The van der Waals surface area contributed by atoms with E-state index in [0.29, 0.717) is 17.0 Å². The Morgan fingerprint density at radius 1 is 1.30 bits per heavy atom. The van der Waals surface area contributed by atoms with E-state index in [2.05, 4.69) is 24.9 Å². The topological polar surface area (TPSA) is 210 Å². The lowest BCUT2D eigenvalue weighted by molar-refractivity contribution is -0.662. The van der Waals surface area contributed by atoms with Crippen molar-refractivity contribution in [1.29, 1.82) is 0 Å². The van der Waals surface area contributed by atoms with Crippen LogP contribution >= 0.6 is 23.3 Å². The molecule has 1 saturated heterocycles. The van der Waals surface area contributed by atoms with Gasteiger partial charge in [-0.3, -0.25) is 14.5 Å². The van der Waals surface area contributed by atoms with Gasteiger partial charge in [0.15, 0.2) is 11.3 Å². The van der Waals surface area contributed by atoms with Crippen molar-refractivity contribution in [3.8, 4) is 0 Å². The van der Waals surface area contributed by atoms with Crippen LogP contribution in [0.2, 0.25) is 0 Å². The molecule has 40 heavy (non-hydrogen) atoms. The fraction of sp³-hybridized carbons (Fsp3) is 0.391. The van der Waals surface area contributed by atoms with E-state index in [0.717, 1.165) is 42.1 Å². The molecule has 208 valence electrons. The number of carboxylic acid groups (broad SMARTS) is 1. The maximum absolute atomic E-state index is 13.2. The van der Waals surface area contributed by atoms with Crippen LogP contribution in [0, 0.1) is 0 Å². The van der Waals surface area contributed by atoms with Crippen LogP contribution in [0.25, 0.3) is 5.65 Å². The van der Waals surface area contributed by atoms with E-state index < -0.39 is 29.2 Å². The fourth-order valence-electron chi connectivity index (χ4n) is 5.03. The second-order valence-corrected chi connectivity index (χ2v) is 11.4. The molecule has 5 N–H and O–H groups in total. The molecule has 2 amide bonds. The lowest BCUT2D eigenvalue weighted by Gasteiger charge is -2.50. The molecule has 3 aromatic rings. The summed E-state index contributed by atoms with van der Waals surface area (Å²) in [5.74, 6) is -2.15. The number of nitrogens with zero attached hydrogens (tertiary/aromatic N) is 7. The maximum atomic E-state index is 13.2. The van der Waals surface area contributed by atoms with E-state index in [4.69, 9.17) is 16.3 Å². The number of thioether (sulfide) groups is 1. The number of amides is 2. The molecule has 5 heterocycles. The Hall–Kier alpha value is -4.25. The Morgan fingerprint density at radius 2 is 2.10 bits per heavy atom. The van der Waals surface area contributed by atoms with Gasteiger partial charge in [-0.1, -0.05) is 14.8 Å². The molecule has 17 heteroatoms. The highest BCUT2D eigenvalue weighted by Gasteiger charge is 2.53. The highest BCUT2D eigenvalue weighted by atomic mass is 32.2. The van der Waals surface area contributed by atoms with Crippen molar-refractivity contribution >= 4 is 63.4 Å². The van der Waals surface area contributed by atoms with E-state index in [1.54, 1.807) is 29.1 Å². The van der Waals surface area contributed by atoms with Gasteiger partial charge in [0, 0.05) is 28.9 Å². The van der Waals surface area contributed by atoms with Gasteiger partial charge in [0.1, 0.15) is 24.1 Å². The average Bonchev–Trinajstić information content (AvgIpc) is 3.69. The zero-order valence-corrected chi connectivity index (χ0v) is 22.6. The van der Waals surface area contributed by atoms with Crippen LogP contribution in [-0.2, 0) is 25.8 Å². The number of nitrogens with one attached hydrogen (secondary N) is 1. The number of β-lactam (4-membered cyclic amide) rings is 1. The summed E-state index contributed by atoms with van der Waals surface area (Å²) in [4.78, 5) is 49.4. The van der Waals surface area contributed by atoms with Gasteiger partial charge in [-0.25, -0.2) is 4.57 Å². The van der Waals surface area contributed by atoms with E-state index >= 15 is 0 Å². The summed E-state index contributed by atoms with van der Waals surface area (Å²) in [6, 6.07) is 2.54. The number of aliphatic carboxylic acids is 1. The Kier molecular flexibility index (Phi) is 6.75. The quantitative estimate of drug-likeness (QED) is 0.119. The zero-order valence-electron chi connectivity index (χ0n) is 20.9. The van der Waals surface area contributed by atoms with Gasteiger partial charge < -0.3 is 31.5 Å². The van der Waals surface area contributed by atoms with Crippen LogP contribution in [0.5, 0.6) is 0 Å². The maximum Gasteiger partial charge on any atom is 0.309 e. The van der Waals surface area contributed by atoms with Gasteiger partial charge in [-0.05, 0) is 31.7 Å². The molecule has 6 rings (SSSR count). The normalized spacial score (nSPS) is 21.4. The third-order valence-corrected chi connectivity index (χ3v) is 8.79. The molecule has 3 aromatic heterocycles. The van der Waals surface area contributed by atoms with Crippen LogP contribution < -0.4 is 26.5 Å². The fourth-order valence-corrected chi connectivity index (χ4v) is 6.80. The molecule has 2 atom stereocenters. The Labute approximate surface area is 235 Å². The predicted octanol–water partition coefficient (Wildman–Crippen LogP) is -1.59. The molecular formula is C23H24N10O5S2. The molecule has 1 aliphatic carbocycles. The molecule has 3 aliphatic rings. The molecule has 0 radical (unpaired) electrons. The predicted molar refractivity (Wildman–Crippen MR) is 141 cm³/mol. The first-order valence-corrected chi connectivity index (χ1v) is 14.3. The van der Waals surface area contributed by atoms with Gasteiger partial charge in [0.2, 0.25) is 11.5 Å². The number of hydrogen-bond acceptors (Lipinski definition) is 13. The number of nitrogen functional groups attached to an aromatic ring is 2. The van der Waals surface area contributed by atoms with Crippen LogP contribution in [0.15, 0.2) is 41.0 Å². The first kappa shape index (κ1) is 26.0. The smallest absolute Gasteiger partial charge is 0.309 e. The number of carboxylic acids is 1. The number of nitrogens with two attached hydrogens (primary N) is 2. The Morgan fingerprint density at radius 3 is 2.83 bits per heavy atom. The summed E-state index contributed by atoms with van der Waals surface area (Å²) >= 11 is 2.23. The number of rotatable bonds is 8. The van der Waals surface area contributed by atoms with Crippen molar-refractivity contribution in [2.24, 2.45) is 5.16 Å². The van der Waals surface area contributed by atoms with Crippen LogP contribution in [0.4, 0.5) is 10.9 Å². The summed E-state index contributed by atoms with van der Waals surface area (Å²) in [5, 5.41) is 22.6. The van der Waals surface area contributed by atoms with Crippen molar-refractivity contribution in [3.63, 3.8) is 0 Å². The lowest BCUT2D eigenvalue weighted by atomic mass is 10.0. The van der Waals surface area contributed by atoms with Crippen LogP contribution in [0.1, 0.15) is 31.5 Å². The molecule has 2 aliphatic heterocycles. The number of aromatic nitrogens is 5. The third kappa shape index (κ3) is 4.60. The first-order valence-electron chi connectivity index (χ1n) is 12.5. The Bertz CT molecular complexity index is 1580. The van der Waals surface area contributed by atoms with Crippen molar-refractivity contribution in [1.82, 2.24) is 29.2 Å². The molecule has 15 nitrogen and oxygen atoms in total. The van der Waals surface area contributed by atoms with Crippen molar-refractivity contribution in [2.75, 3.05) is 17.2 Å². The summed E-state index contributed by atoms with van der Waals surface area (Å²) in [5.41, 5.74) is 12.4. The number of hydrogen-bond donors (Lipinski definition) is 3. The SMILES string of the molecule is Nc1nc(/C(=N/OC2CCCC2)C(=O)N[C@@H]2C(=O)N3C(C(=O)[O-])=C(C[n+]4cc(N)n5ncccc54)CS[C@H]23)ns1. The van der Waals surface area contributed by atoms with E-state index in [1.807, 2.05) is 0 Å². The second-order valence-electron chi connectivity index (χ2n) is 9.48. The highest BCUT2D eigenvalue weighted by molar-refractivity contribution is 8.00. The number of imidazole rings is 1. The molecule has 0 spiro atoms. The second kappa shape index (κ2) is 10.4. The minimum atomic E-state index is -1.48. The Balaban J connectivity index is 1.22. The minimum absolute atomic E-state index is 0.0129. The van der Waals surface area contributed by atoms with Gasteiger partial charge in [-0.15, -0.1) is 11.8 Å². The number of oxime groups is 1. The molecule has 0 bridgehead atoms. The zero-order chi connectivity index (χ0) is 28.0. The molecule has 2 fully saturated rings. The van der Waals surface area contributed by atoms with Gasteiger partial charge in [0.25, 0.3) is 17.6 Å². The van der Waals surface area contributed by atoms with Crippen molar-refractivity contribution in [3.05, 3.63) is 41.6 Å². The lowest BCUT2D eigenvalue weighted by Crippen LogP contribution is -2.71. The van der Waals surface area contributed by atoms with Crippen LogP contribution in [0.3, 0.4) is 0 Å². The third-order valence-electron chi connectivity index (χ3n) is 6.91. The largest absolute Gasteiger partial charge is 0.543 e. The number of carbonyl (C=O) groups excluding carboxylic acids is 3. The summed E-state index contributed by atoms with van der Waals surface area (Å²) < 4.78 is 7.35. The van der Waals surface area contributed by atoms with Crippen molar-refractivity contribution < 1.29 is 28.9 Å². The van der Waals surface area contributed by atoms with E-state index in [1.165, 1.54) is 16.3 Å². The summed E-state index contributed by atoms with van der Waals surface area (Å²) in [6.07, 6.45) is 6.77. The molecular weight excluding hydrogens is 560 g/mol. The van der Waals surface area contributed by atoms with Crippen molar-refractivity contribution in [2.45, 2.75) is 49.7 Å². The van der Waals surface area contributed by atoms with Gasteiger partial charge in [-0.2, -0.15) is 9.36 Å². The molecule has 1 saturated carbocycles. The minimum Gasteiger partial charge on any atom is -0.543 e. The van der Waals surface area contributed by atoms with Gasteiger partial charge in [0.05, 0.1) is 17.9 Å². The molecule has 0 aromatic carbocycles. The highest BCUT2D eigenvalue weighted by Crippen LogP contribution is 2.40. The van der Waals surface area contributed by atoms with Crippen LogP contribution in [-0.4, -0.2) is 70.6 Å². The van der Waals surface area contributed by atoms with E-state index in [9.17, 15) is 19.5 Å². The first-order chi connectivity index (χ1) is 19.3. The molecule has 0 unspecified atom stereocenters. The average molecular weight is 585 g/mol. The number of anilines is 2. The summed E-state index contributed by atoms with van der Waals surface area (Å²) in [6.45, 7) is 0.155. The van der Waals surface area contributed by atoms with Gasteiger partial charge >= 0.3 is 5.65 Å². The van der Waals surface area contributed by atoms with E-state index in [-0.39, 0.29) is 40.8 Å². The standard InChI is InChI=1S/C23H24N10O5S2/c24-13-9-31(14-6-3-7-26-33(13)14)8-11-10-39-21-16(20(35)32(21)17(11)22(36)37)27-19(34)15(18-28-23(25)40-30-18)29-38-12-4-1-2-5-12/h3,6-7,9,12,16,21H,1-2,4-5,8,10H2,(H5-,24,25,26,27,28,30,34,36,37)/b29-15-/t16-,21-/m1/s1. The summed E-state index contributed by atoms with van der Waals surface area (Å²) in [7, 11) is 0. The number of carbonyl (C=O) groups is 3.